The molecule has 102 valence electrons. The van der Waals surface area contributed by atoms with Gasteiger partial charge in [-0.2, -0.15) is 0 Å². The van der Waals surface area contributed by atoms with E-state index in [1.807, 2.05) is 0 Å². The van der Waals surface area contributed by atoms with Crippen LogP contribution in [0.1, 0.15) is 26.7 Å². The molecule has 0 aromatic carbocycles. The Hall–Kier alpha value is -0.160. The highest BCUT2D eigenvalue weighted by atomic mass is 16.3. The Kier molecular flexibility index (Phi) is 7.04. The predicted molar refractivity (Wildman–Crippen MR) is 72.3 cm³/mol. The second-order valence-electron chi connectivity index (χ2n) is 5.23. The van der Waals surface area contributed by atoms with E-state index in [1.165, 1.54) is 19.5 Å². The molecule has 0 saturated carbocycles. The van der Waals surface area contributed by atoms with Crippen LogP contribution in [0.2, 0.25) is 0 Å². The van der Waals surface area contributed by atoms with E-state index in [4.69, 9.17) is 5.11 Å². The minimum atomic E-state index is 0.278. The van der Waals surface area contributed by atoms with Gasteiger partial charge < -0.3 is 15.3 Å². The van der Waals surface area contributed by atoms with E-state index in [0.717, 1.165) is 26.1 Å². The van der Waals surface area contributed by atoms with Crippen LogP contribution < -0.4 is 5.32 Å². The lowest BCUT2D eigenvalue weighted by atomic mass is 10.1. The summed E-state index contributed by atoms with van der Waals surface area (Å²) in [5, 5.41) is 12.6. The normalized spacial score (nSPS) is 25.8. The quantitative estimate of drug-likeness (QED) is 0.707. The van der Waals surface area contributed by atoms with Crippen LogP contribution in [0.25, 0.3) is 0 Å². The van der Waals surface area contributed by atoms with E-state index in [1.54, 1.807) is 0 Å². The van der Waals surface area contributed by atoms with Gasteiger partial charge in [0.1, 0.15) is 0 Å². The summed E-state index contributed by atoms with van der Waals surface area (Å²) in [7, 11) is 2.20. The van der Waals surface area contributed by atoms with E-state index in [9.17, 15) is 0 Å². The molecule has 4 heteroatoms. The standard InChI is InChI=1S/C13H29N3O/c1-4-14-13(6-9-17)11-16-8-5-7-15(3)10-12(16)2/h12-14,17H,4-11H2,1-3H3. The van der Waals surface area contributed by atoms with Crippen LogP contribution in [0.5, 0.6) is 0 Å². The van der Waals surface area contributed by atoms with Gasteiger partial charge in [0.05, 0.1) is 0 Å². The number of hydrogen-bond acceptors (Lipinski definition) is 4. The van der Waals surface area contributed by atoms with Crippen molar-refractivity contribution in [3.63, 3.8) is 0 Å². The molecule has 1 aliphatic heterocycles. The number of likely N-dealkylation sites (N-methyl/N-ethyl adjacent to an activating group) is 2. The van der Waals surface area contributed by atoms with Crippen molar-refractivity contribution in [1.82, 2.24) is 15.1 Å². The molecular weight excluding hydrogens is 214 g/mol. The summed E-state index contributed by atoms with van der Waals surface area (Å²) in [5.41, 5.74) is 0. The summed E-state index contributed by atoms with van der Waals surface area (Å²) < 4.78 is 0. The van der Waals surface area contributed by atoms with Crippen LogP contribution >= 0.6 is 0 Å². The first-order valence-corrected chi connectivity index (χ1v) is 6.94. The molecule has 0 amide bonds. The zero-order valence-corrected chi connectivity index (χ0v) is 11.7. The van der Waals surface area contributed by atoms with Crippen molar-refractivity contribution < 1.29 is 5.11 Å². The maximum absolute atomic E-state index is 9.09. The number of aliphatic hydroxyl groups excluding tert-OH is 1. The molecule has 1 fully saturated rings. The molecule has 17 heavy (non-hydrogen) atoms. The summed E-state index contributed by atoms with van der Waals surface area (Å²) in [6.07, 6.45) is 2.10. The van der Waals surface area contributed by atoms with Gasteiger partial charge in [0, 0.05) is 31.8 Å². The van der Waals surface area contributed by atoms with Crippen molar-refractivity contribution in [1.29, 1.82) is 0 Å². The largest absolute Gasteiger partial charge is 0.396 e. The predicted octanol–water partition coefficient (Wildman–Crippen LogP) is 0.373. The molecule has 0 aliphatic carbocycles. The molecule has 1 rings (SSSR count). The van der Waals surface area contributed by atoms with Gasteiger partial charge in [-0.3, -0.25) is 4.90 Å². The summed E-state index contributed by atoms with van der Waals surface area (Å²) in [6.45, 7) is 10.3. The summed E-state index contributed by atoms with van der Waals surface area (Å²) in [6, 6.07) is 1.04. The molecule has 2 atom stereocenters. The summed E-state index contributed by atoms with van der Waals surface area (Å²) in [5.74, 6) is 0. The lowest BCUT2D eigenvalue weighted by molar-refractivity contribution is 0.168. The van der Waals surface area contributed by atoms with Crippen LogP contribution in [0.15, 0.2) is 0 Å². The molecule has 2 N–H and O–H groups in total. The maximum Gasteiger partial charge on any atom is 0.0446 e. The van der Waals surface area contributed by atoms with Crippen LogP contribution in [0, 0.1) is 0 Å². The zero-order valence-electron chi connectivity index (χ0n) is 11.7. The van der Waals surface area contributed by atoms with E-state index in [0.29, 0.717) is 12.1 Å². The van der Waals surface area contributed by atoms with Crippen LogP contribution in [0.3, 0.4) is 0 Å². The number of aliphatic hydroxyl groups is 1. The lowest BCUT2D eigenvalue weighted by Gasteiger charge is -2.31. The van der Waals surface area contributed by atoms with Gasteiger partial charge in [0.15, 0.2) is 0 Å². The van der Waals surface area contributed by atoms with Crippen molar-refractivity contribution in [2.45, 2.75) is 38.8 Å². The molecule has 0 bridgehead atoms. The number of rotatable bonds is 6. The molecular formula is C13H29N3O. The molecule has 1 saturated heterocycles. The van der Waals surface area contributed by atoms with Crippen molar-refractivity contribution >= 4 is 0 Å². The van der Waals surface area contributed by atoms with Gasteiger partial charge >= 0.3 is 0 Å². The Morgan fingerprint density at radius 2 is 2.18 bits per heavy atom. The zero-order chi connectivity index (χ0) is 12.7. The molecule has 2 unspecified atom stereocenters. The van der Waals surface area contributed by atoms with Gasteiger partial charge in [-0.1, -0.05) is 6.92 Å². The average molecular weight is 243 g/mol. The minimum absolute atomic E-state index is 0.278. The van der Waals surface area contributed by atoms with Gasteiger partial charge in [-0.05, 0) is 46.4 Å². The highest BCUT2D eigenvalue weighted by Gasteiger charge is 2.21. The van der Waals surface area contributed by atoms with Gasteiger partial charge in [-0.15, -0.1) is 0 Å². The van der Waals surface area contributed by atoms with Crippen molar-refractivity contribution in [3.8, 4) is 0 Å². The Morgan fingerprint density at radius 1 is 1.41 bits per heavy atom. The first-order chi connectivity index (χ1) is 8.17. The topological polar surface area (TPSA) is 38.7 Å². The highest BCUT2D eigenvalue weighted by molar-refractivity contribution is 4.79. The highest BCUT2D eigenvalue weighted by Crippen LogP contribution is 2.10. The first kappa shape index (κ1) is 14.9. The van der Waals surface area contributed by atoms with Crippen molar-refractivity contribution in [2.24, 2.45) is 0 Å². The van der Waals surface area contributed by atoms with E-state index >= 15 is 0 Å². The Morgan fingerprint density at radius 3 is 2.82 bits per heavy atom. The Balaban J connectivity index is 2.45. The van der Waals surface area contributed by atoms with Crippen LogP contribution in [-0.4, -0.2) is 73.4 Å². The first-order valence-electron chi connectivity index (χ1n) is 6.94. The Labute approximate surface area is 106 Å². The molecule has 0 spiro atoms. The molecule has 0 aromatic rings. The van der Waals surface area contributed by atoms with Crippen LogP contribution in [0.4, 0.5) is 0 Å². The van der Waals surface area contributed by atoms with Gasteiger partial charge in [0.2, 0.25) is 0 Å². The number of hydrogen-bond donors (Lipinski definition) is 2. The molecule has 4 nitrogen and oxygen atoms in total. The third-order valence-corrected chi connectivity index (χ3v) is 3.61. The average Bonchev–Trinajstić information content (AvgIpc) is 2.42. The molecule has 0 aromatic heterocycles. The smallest absolute Gasteiger partial charge is 0.0446 e. The lowest BCUT2D eigenvalue weighted by Crippen LogP contribution is -2.46. The minimum Gasteiger partial charge on any atom is -0.396 e. The molecule has 1 aliphatic rings. The van der Waals surface area contributed by atoms with Gasteiger partial charge in [0.25, 0.3) is 0 Å². The van der Waals surface area contributed by atoms with Crippen molar-refractivity contribution in [2.75, 3.05) is 46.4 Å². The fourth-order valence-corrected chi connectivity index (χ4v) is 2.68. The number of nitrogens with one attached hydrogen (secondary N) is 1. The second-order valence-corrected chi connectivity index (χ2v) is 5.23. The maximum atomic E-state index is 9.09. The van der Waals surface area contributed by atoms with E-state index < -0.39 is 0 Å². The van der Waals surface area contributed by atoms with Crippen molar-refractivity contribution in [3.05, 3.63) is 0 Å². The monoisotopic (exact) mass is 243 g/mol. The van der Waals surface area contributed by atoms with Gasteiger partial charge in [-0.25, -0.2) is 0 Å². The SMILES string of the molecule is CCNC(CCO)CN1CCCN(C)CC1C. The fraction of sp³-hybridized carbons (Fsp3) is 1.00. The number of nitrogens with zero attached hydrogens (tertiary/aromatic N) is 2. The fourth-order valence-electron chi connectivity index (χ4n) is 2.68. The Bertz CT molecular complexity index is 195. The third kappa shape index (κ3) is 5.34. The second kappa shape index (κ2) is 8.03. The summed E-state index contributed by atoms with van der Waals surface area (Å²) in [4.78, 5) is 4.98. The molecule has 0 radical (unpaired) electrons. The third-order valence-electron chi connectivity index (χ3n) is 3.61. The van der Waals surface area contributed by atoms with E-state index in [2.05, 4.69) is 36.0 Å². The van der Waals surface area contributed by atoms with E-state index in [-0.39, 0.29) is 6.61 Å². The van der Waals surface area contributed by atoms with Crippen LogP contribution in [-0.2, 0) is 0 Å². The summed E-state index contributed by atoms with van der Waals surface area (Å²) >= 11 is 0. The molecule has 1 heterocycles.